The minimum atomic E-state index is -1.25. The Balaban J connectivity index is 1.89. The smallest absolute Gasteiger partial charge is 0.340 e. The number of cyclic esters (lactones) is 1. The highest BCUT2D eigenvalue weighted by Crippen LogP contribution is 2.38. The fourth-order valence-electron chi connectivity index (χ4n) is 3.68. The molecule has 3 rings (SSSR count). The zero-order valence-electron chi connectivity index (χ0n) is 14.5. The highest BCUT2D eigenvalue weighted by molar-refractivity contribution is 5.97. The van der Waals surface area contributed by atoms with E-state index >= 15 is 0 Å². The van der Waals surface area contributed by atoms with Crippen LogP contribution in [0.2, 0.25) is 0 Å². The molecule has 1 fully saturated rings. The molecule has 0 bridgehead atoms. The van der Waals surface area contributed by atoms with Gasteiger partial charge in [0, 0.05) is 6.42 Å². The molecule has 0 radical (unpaired) electrons. The van der Waals surface area contributed by atoms with Gasteiger partial charge in [-0.2, -0.15) is 0 Å². The average molecular weight is 348 g/mol. The molecule has 6 nitrogen and oxygen atoms in total. The number of methoxy groups -OCH3 is 1. The zero-order chi connectivity index (χ0) is 17.8. The topological polar surface area (TPSA) is 82.1 Å². The molecule has 1 aliphatic carbocycles. The SMILES string of the molecule is COc1c(OCC2CCCCCC2)cc2c(c1C=O)CC(O)OC2=O. The Bertz CT molecular complexity index is 646. The van der Waals surface area contributed by atoms with Gasteiger partial charge in [0.05, 0.1) is 24.8 Å². The Morgan fingerprint density at radius 1 is 1.28 bits per heavy atom. The molecule has 2 aliphatic rings. The molecule has 6 heteroatoms. The number of aldehydes is 1. The Morgan fingerprint density at radius 3 is 2.64 bits per heavy atom. The first kappa shape index (κ1) is 17.7. The Morgan fingerprint density at radius 2 is 2.00 bits per heavy atom. The summed E-state index contributed by atoms with van der Waals surface area (Å²) in [6.45, 7) is 0.533. The largest absolute Gasteiger partial charge is 0.492 e. The van der Waals surface area contributed by atoms with Crippen molar-refractivity contribution in [1.82, 2.24) is 0 Å². The predicted molar refractivity (Wildman–Crippen MR) is 90.2 cm³/mol. The van der Waals surface area contributed by atoms with Gasteiger partial charge in [0.1, 0.15) is 0 Å². The van der Waals surface area contributed by atoms with Crippen molar-refractivity contribution in [3.05, 3.63) is 22.8 Å². The Hall–Kier alpha value is -2.08. The van der Waals surface area contributed by atoms with E-state index in [-0.39, 0.29) is 17.5 Å². The first-order chi connectivity index (χ1) is 12.1. The summed E-state index contributed by atoms with van der Waals surface area (Å²) >= 11 is 0. The van der Waals surface area contributed by atoms with Gasteiger partial charge in [0.2, 0.25) is 6.29 Å². The number of ether oxygens (including phenoxy) is 3. The van der Waals surface area contributed by atoms with Gasteiger partial charge in [-0.05, 0) is 30.4 Å². The molecule has 1 heterocycles. The van der Waals surface area contributed by atoms with Crippen LogP contribution in [0.3, 0.4) is 0 Å². The molecule has 1 N–H and O–H groups in total. The quantitative estimate of drug-likeness (QED) is 0.500. The highest BCUT2D eigenvalue weighted by Gasteiger charge is 2.31. The van der Waals surface area contributed by atoms with E-state index in [1.807, 2.05) is 0 Å². The van der Waals surface area contributed by atoms with E-state index in [9.17, 15) is 14.7 Å². The third kappa shape index (κ3) is 3.79. The Kier molecular flexibility index (Phi) is 5.58. The van der Waals surface area contributed by atoms with E-state index in [4.69, 9.17) is 14.2 Å². The monoisotopic (exact) mass is 348 g/mol. The van der Waals surface area contributed by atoms with E-state index in [2.05, 4.69) is 0 Å². The summed E-state index contributed by atoms with van der Waals surface area (Å²) in [4.78, 5) is 23.7. The number of hydrogen-bond acceptors (Lipinski definition) is 6. The molecule has 136 valence electrons. The van der Waals surface area contributed by atoms with Gasteiger partial charge >= 0.3 is 5.97 Å². The Labute approximate surface area is 147 Å². The molecular weight excluding hydrogens is 324 g/mol. The molecule has 1 aliphatic heterocycles. The van der Waals surface area contributed by atoms with Gasteiger partial charge in [0.25, 0.3) is 0 Å². The number of carbonyl (C=O) groups excluding carboxylic acids is 2. The number of esters is 1. The van der Waals surface area contributed by atoms with Crippen molar-refractivity contribution in [3.63, 3.8) is 0 Å². The molecule has 0 amide bonds. The first-order valence-corrected chi connectivity index (χ1v) is 8.85. The van der Waals surface area contributed by atoms with Crippen molar-refractivity contribution in [2.45, 2.75) is 51.2 Å². The maximum atomic E-state index is 12.1. The van der Waals surface area contributed by atoms with Crippen molar-refractivity contribution in [2.75, 3.05) is 13.7 Å². The van der Waals surface area contributed by atoms with E-state index in [0.717, 1.165) is 12.8 Å². The van der Waals surface area contributed by atoms with E-state index in [1.165, 1.54) is 32.8 Å². The summed E-state index contributed by atoms with van der Waals surface area (Å²) in [6, 6.07) is 1.56. The normalized spacial score (nSPS) is 21.0. The second kappa shape index (κ2) is 7.87. The number of benzene rings is 1. The van der Waals surface area contributed by atoms with Gasteiger partial charge in [0.15, 0.2) is 17.8 Å². The maximum absolute atomic E-state index is 12.1. The van der Waals surface area contributed by atoms with E-state index < -0.39 is 12.3 Å². The van der Waals surface area contributed by atoms with Gasteiger partial charge in [-0.25, -0.2) is 4.79 Å². The van der Waals surface area contributed by atoms with Crippen LogP contribution >= 0.6 is 0 Å². The molecule has 25 heavy (non-hydrogen) atoms. The van der Waals surface area contributed by atoms with Gasteiger partial charge in [-0.1, -0.05) is 25.7 Å². The number of hydrogen-bond donors (Lipinski definition) is 1. The lowest BCUT2D eigenvalue weighted by Gasteiger charge is -2.25. The van der Waals surface area contributed by atoms with Crippen LogP contribution in [0.25, 0.3) is 0 Å². The summed E-state index contributed by atoms with van der Waals surface area (Å²) in [5.41, 5.74) is 0.938. The van der Waals surface area contributed by atoms with Crippen molar-refractivity contribution in [2.24, 2.45) is 5.92 Å². The third-order valence-electron chi connectivity index (χ3n) is 5.01. The van der Waals surface area contributed by atoms with Crippen LogP contribution in [-0.2, 0) is 11.2 Å². The van der Waals surface area contributed by atoms with Crippen LogP contribution in [0.15, 0.2) is 6.07 Å². The summed E-state index contributed by atoms with van der Waals surface area (Å²) in [5, 5.41) is 9.65. The second-order valence-corrected chi connectivity index (χ2v) is 6.70. The zero-order valence-corrected chi connectivity index (χ0v) is 14.5. The predicted octanol–water partition coefficient (Wildman–Crippen LogP) is 2.89. The molecule has 0 saturated heterocycles. The van der Waals surface area contributed by atoms with E-state index in [1.54, 1.807) is 6.07 Å². The fourth-order valence-corrected chi connectivity index (χ4v) is 3.68. The first-order valence-electron chi connectivity index (χ1n) is 8.85. The van der Waals surface area contributed by atoms with Crippen molar-refractivity contribution < 1.29 is 28.9 Å². The minimum absolute atomic E-state index is 0.0639. The number of carbonyl (C=O) groups is 2. The van der Waals surface area contributed by atoms with Crippen molar-refractivity contribution in [3.8, 4) is 11.5 Å². The number of aliphatic hydroxyl groups excluding tert-OH is 1. The van der Waals surface area contributed by atoms with Crippen LogP contribution < -0.4 is 9.47 Å². The molecule has 0 aromatic heterocycles. The molecule has 1 unspecified atom stereocenters. The lowest BCUT2D eigenvalue weighted by Crippen LogP contribution is -2.28. The summed E-state index contributed by atoms with van der Waals surface area (Å²) in [6.07, 6.45) is 6.66. The van der Waals surface area contributed by atoms with Crippen LogP contribution in [-0.4, -0.2) is 37.4 Å². The van der Waals surface area contributed by atoms with Gasteiger partial charge in [-0.15, -0.1) is 0 Å². The molecule has 1 aromatic carbocycles. The molecular formula is C19H24O6. The van der Waals surface area contributed by atoms with Crippen LogP contribution in [0.5, 0.6) is 11.5 Å². The van der Waals surface area contributed by atoms with Crippen molar-refractivity contribution >= 4 is 12.3 Å². The second-order valence-electron chi connectivity index (χ2n) is 6.70. The van der Waals surface area contributed by atoms with Crippen LogP contribution in [0.4, 0.5) is 0 Å². The minimum Gasteiger partial charge on any atom is -0.492 e. The lowest BCUT2D eigenvalue weighted by molar-refractivity contribution is -0.0688. The lowest BCUT2D eigenvalue weighted by atomic mass is 9.95. The standard InChI is InChI=1S/C19H24O6/c1-23-18-15(10-20)13-9-17(21)25-19(22)14(13)8-16(18)24-11-12-6-4-2-3-5-7-12/h8,10,12,17,21H,2-7,9,11H2,1H3. The average Bonchev–Trinajstić information content (AvgIpc) is 2.87. The van der Waals surface area contributed by atoms with Crippen LogP contribution in [0, 0.1) is 5.92 Å². The van der Waals surface area contributed by atoms with Crippen LogP contribution in [0.1, 0.15) is 64.8 Å². The van der Waals surface area contributed by atoms with Crippen molar-refractivity contribution in [1.29, 1.82) is 0 Å². The van der Waals surface area contributed by atoms with E-state index in [0.29, 0.717) is 35.9 Å². The highest BCUT2D eigenvalue weighted by atomic mass is 16.6. The molecule has 1 saturated carbocycles. The number of rotatable bonds is 5. The van der Waals surface area contributed by atoms with Gasteiger partial charge in [-0.3, -0.25) is 4.79 Å². The fraction of sp³-hybridized carbons (Fsp3) is 0.579. The molecule has 1 atom stereocenters. The number of aliphatic hydroxyl groups is 1. The maximum Gasteiger partial charge on any atom is 0.340 e. The summed E-state index contributed by atoms with van der Waals surface area (Å²) in [7, 11) is 1.46. The molecule has 0 spiro atoms. The third-order valence-corrected chi connectivity index (χ3v) is 5.01. The summed E-state index contributed by atoms with van der Waals surface area (Å²) < 4.78 is 16.2. The number of fused-ring (bicyclic) bond motifs is 1. The summed E-state index contributed by atoms with van der Waals surface area (Å²) in [5.74, 6) is 0.501. The van der Waals surface area contributed by atoms with Gasteiger partial charge < -0.3 is 19.3 Å². The molecule has 1 aromatic rings.